The first-order valence-corrected chi connectivity index (χ1v) is 7.59. The van der Waals surface area contributed by atoms with Gasteiger partial charge in [-0.15, -0.1) is 0 Å². The number of rotatable bonds is 4. The van der Waals surface area contributed by atoms with Crippen molar-refractivity contribution in [3.05, 3.63) is 35.9 Å². The molecule has 1 fully saturated rings. The molecule has 1 saturated heterocycles. The fourth-order valence-corrected chi connectivity index (χ4v) is 2.90. The van der Waals surface area contributed by atoms with Crippen LogP contribution in [0.4, 0.5) is 0 Å². The number of nitrogens with zero attached hydrogens (tertiary/aromatic N) is 1. The second-order valence-electron chi connectivity index (χ2n) is 6.14. The van der Waals surface area contributed by atoms with Gasteiger partial charge in [0.2, 0.25) is 0 Å². The van der Waals surface area contributed by atoms with E-state index >= 15 is 0 Å². The van der Waals surface area contributed by atoms with Crippen molar-refractivity contribution >= 4 is 5.97 Å². The molecule has 1 aromatic rings. The van der Waals surface area contributed by atoms with Crippen molar-refractivity contribution in [2.24, 2.45) is 0 Å². The average Bonchev–Trinajstić information content (AvgIpc) is 2.66. The predicted molar refractivity (Wildman–Crippen MR) is 82.1 cm³/mol. The monoisotopic (exact) mass is 291 g/mol. The molecular weight excluding hydrogens is 266 g/mol. The van der Waals surface area contributed by atoms with E-state index in [-0.39, 0.29) is 11.9 Å². The highest BCUT2D eigenvalue weighted by molar-refractivity contribution is 5.78. The molecule has 116 valence electrons. The van der Waals surface area contributed by atoms with Crippen LogP contribution in [0.1, 0.15) is 37.7 Å². The van der Waals surface area contributed by atoms with Crippen molar-refractivity contribution in [3.63, 3.8) is 0 Å². The zero-order valence-electron chi connectivity index (χ0n) is 12.9. The van der Waals surface area contributed by atoms with Crippen LogP contribution in [0.15, 0.2) is 30.3 Å². The van der Waals surface area contributed by atoms with Gasteiger partial charge in [0, 0.05) is 13.1 Å². The van der Waals surface area contributed by atoms with Crippen molar-refractivity contribution in [3.8, 4) is 0 Å². The fourth-order valence-electron chi connectivity index (χ4n) is 2.90. The van der Waals surface area contributed by atoms with E-state index in [4.69, 9.17) is 4.74 Å². The van der Waals surface area contributed by atoms with Gasteiger partial charge in [-0.3, -0.25) is 4.79 Å². The van der Waals surface area contributed by atoms with Crippen LogP contribution in [0.3, 0.4) is 0 Å². The Kier molecular flexibility index (Phi) is 5.37. The summed E-state index contributed by atoms with van der Waals surface area (Å²) in [4.78, 5) is 14.4. The molecule has 0 bridgehead atoms. The summed E-state index contributed by atoms with van der Waals surface area (Å²) in [5, 5.41) is 10.2. The zero-order valence-corrected chi connectivity index (χ0v) is 12.9. The number of hydrogen-bond acceptors (Lipinski definition) is 4. The molecule has 1 heterocycles. The molecular formula is C17H25NO3. The van der Waals surface area contributed by atoms with Gasteiger partial charge in [0.25, 0.3) is 0 Å². The third kappa shape index (κ3) is 4.55. The van der Waals surface area contributed by atoms with Gasteiger partial charge in [0.15, 0.2) is 0 Å². The maximum absolute atomic E-state index is 12.1. The lowest BCUT2D eigenvalue weighted by Crippen LogP contribution is -2.34. The second kappa shape index (κ2) is 7.05. The Hall–Kier alpha value is -1.39. The molecule has 21 heavy (non-hydrogen) atoms. The number of aliphatic hydroxyl groups is 1. The highest BCUT2D eigenvalue weighted by Crippen LogP contribution is 2.24. The van der Waals surface area contributed by atoms with Gasteiger partial charge in [0.05, 0.1) is 18.6 Å². The Morgan fingerprint density at radius 3 is 2.71 bits per heavy atom. The summed E-state index contributed by atoms with van der Waals surface area (Å²) >= 11 is 0. The molecule has 0 saturated carbocycles. The van der Waals surface area contributed by atoms with Crippen molar-refractivity contribution in [2.75, 3.05) is 26.7 Å². The van der Waals surface area contributed by atoms with Crippen LogP contribution in [-0.2, 0) is 9.53 Å². The maximum atomic E-state index is 12.1. The first kappa shape index (κ1) is 16.0. The Balaban J connectivity index is 2.07. The third-order valence-corrected chi connectivity index (χ3v) is 4.28. The quantitative estimate of drug-likeness (QED) is 0.864. The van der Waals surface area contributed by atoms with E-state index in [0.29, 0.717) is 6.54 Å². The summed E-state index contributed by atoms with van der Waals surface area (Å²) in [5.74, 6) is -0.462. The van der Waals surface area contributed by atoms with Crippen molar-refractivity contribution in [1.82, 2.24) is 4.90 Å². The molecule has 1 N–H and O–H groups in total. The molecule has 1 aliphatic rings. The van der Waals surface area contributed by atoms with Gasteiger partial charge in [-0.05, 0) is 38.3 Å². The van der Waals surface area contributed by atoms with Gasteiger partial charge in [-0.25, -0.2) is 0 Å². The average molecular weight is 291 g/mol. The molecule has 1 aromatic carbocycles. The molecule has 2 rings (SSSR count). The number of hydrogen-bond donors (Lipinski definition) is 1. The van der Waals surface area contributed by atoms with E-state index in [1.165, 1.54) is 7.11 Å². The van der Waals surface area contributed by atoms with E-state index in [1.807, 2.05) is 37.3 Å². The predicted octanol–water partition coefficient (Wildman–Crippen LogP) is 2.18. The van der Waals surface area contributed by atoms with Crippen LogP contribution in [0.2, 0.25) is 0 Å². The lowest BCUT2D eigenvalue weighted by Gasteiger charge is -2.26. The van der Waals surface area contributed by atoms with Crippen LogP contribution in [-0.4, -0.2) is 48.3 Å². The van der Waals surface area contributed by atoms with Crippen molar-refractivity contribution < 1.29 is 14.6 Å². The number of benzene rings is 1. The van der Waals surface area contributed by atoms with Crippen molar-refractivity contribution in [1.29, 1.82) is 0 Å². The molecule has 0 aromatic heterocycles. The summed E-state index contributed by atoms with van der Waals surface area (Å²) in [6.07, 6.45) is 2.52. The van der Waals surface area contributed by atoms with Crippen LogP contribution < -0.4 is 0 Å². The van der Waals surface area contributed by atoms with E-state index in [9.17, 15) is 9.90 Å². The van der Waals surface area contributed by atoms with E-state index < -0.39 is 5.60 Å². The van der Waals surface area contributed by atoms with Crippen molar-refractivity contribution in [2.45, 2.75) is 37.7 Å². The Morgan fingerprint density at radius 1 is 1.33 bits per heavy atom. The van der Waals surface area contributed by atoms with Crippen LogP contribution in [0, 0.1) is 0 Å². The minimum absolute atomic E-state index is 0.197. The molecule has 2 atom stereocenters. The van der Waals surface area contributed by atoms with E-state index in [0.717, 1.165) is 37.9 Å². The molecule has 0 spiro atoms. The van der Waals surface area contributed by atoms with E-state index in [1.54, 1.807) is 0 Å². The summed E-state index contributed by atoms with van der Waals surface area (Å²) in [7, 11) is 1.44. The highest BCUT2D eigenvalue weighted by atomic mass is 16.5. The third-order valence-electron chi connectivity index (χ3n) is 4.28. The minimum Gasteiger partial charge on any atom is -0.469 e. The molecule has 4 nitrogen and oxygen atoms in total. The smallest absolute Gasteiger partial charge is 0.314 e. The number of esters is 1. The first-order valence-electron chi connectivity index (χ1n) is 7.59. The molecule has 4 heteroatoms. The lowest BCUT2D eigenvalue weighted by molar-refractivity contribution is -0.143. The highest BCUT2D eigenvalue weighted by Gasteiger charge is 2.29. The summed E-state index contributed by atoms with van der Waals surface area (Å²) in [5.41, 5.74) is 0.405. The molecule has 1 aliphatic heterocycles. The lowest BCUT2D eigenvalue weighted by atomic mass is 9.97. The first-order chi connectivity index (χ1) is 10.0. The Morgan fingerprint density at radius 2 is 2.05 bits per heavy atom. The second-order valence-corrected chi connectivity index (χ2v) is 6.14. The standard InChI is InChI=1S/C17H25NO3/c1-17(20)9-6-11-18(12-10-17)13-15(16(19)21-2)14-7-4-3-5-8-14/h3-5,7-8,15,20H,6,9-13H2,1-2H3. The number of methoxy groups -OCH3 is 1. The number of ether oxygens (including phenoxy) is 1. The largest absolute Gasteiger partial charge is 0.469 e. The van der Waals surface area contributed by atoms with Gasteiger partial charge in [-0.1, -0.05) is 30.3 Å². The molecule has 0 radical (unpaired) electrons. The summed E-state index contributed by atoms with van der Waals surface area (Å²) in [6, 6.07) is 9.77. The number of carbonyl (C=O) groups is 1. The zero-order chi connectivity index (χ0) is 15.3. The van der Waals surface area contributed by atoms with E-state index in [2.05, 4.69) is 4.90 Å². The van der Waals surface area contributed by atoms with Crippen LogP contribution in [0.5, 0.6) is 0 Å². The Bertz CT molecular complexity index is 458. The maximum Gasteiger partial charge on any atom is 0.314 e. The van der Waals surface area contributed by atoms with Gasteiger partial charge >= 0.3 is 5.97 Å². The van der Waals surface area contributed by atoms with Crippen LogP contribution >= 0.6 is 0 Å². The molecule has 0 aliphatic carbocycles. The van der Waals surface area contributed by atoms with Gasteiger partial charge < -0.3 is 14.7 Å². The minimum atomic E-state index is -0.581. The Labute approximate surface area is 126 Å². The summed E-state index contributed by atoms with van der Waals surface area (Å²) in [6.45, 7) is 4.27. The number of likely N-dealkylation sites (tertiary alicyclic amines) is 1. The topological polar surface area (TPSA) is 49.8 Å². The van der Waals surface area contributed by atoms with Gasteiger partial charge in [0.1, 0.15) is 0 Å². The van der Waals surface area contributed by atoms with Gasteiger partial charge in [-0.2, -0.15) is 0 Å². The SMILES string of the molecule is COC(=O)C(CN1CCCC(C)(O)CC1)c1ccccc1. The number of carbonyl (C=O) groups excluding carboxylic acids is 1. The van der Waals surface area contributed by atoms with Crippen LogP contribution in [0.25, 0.3) is 0 Å². The normalized spacial score (nSPS) is 25.1. The summed E-state index contributed by atoms with van der Waals surface area (Å²) < 4.78 is 4.97. The fraction of sp³-hybridized carbons (Fsp3) is 0.588. The molecule has 0 amide bonds. The molecule has 2 unspecified atom stereocenters.